The largest absolute Gasteiger partial charge is 0.356 e. The van der Waals surface area contributed by atoms with Gasteiger partial charge in [-0.3, -0.25) is 4.99 Å². The van der Waals surface area contributed by atoms with Crippen LogP contribution in [0.25, 0.3) is 0 Å². The second-order valence-corrected chi connectivity index (χ2v) is 7.51. The fourth-order valence-electron chi connectivity index (χ4n) is 3.81. The van der Waals surface area contributed by atoms with Gasteiger partial charge < -0.3 is 20.0 Å². The van der Waals surface area contributed by atoms with Crippen LogP contribution in [0, 0.1) is 5.92 Å². The Hall–Kier alpha value is -1.82. The Balaban J connectivity index is 1.36. The van der Waals surface area contributed by atoms with Gasteiger partial charge in [-0.25, -0.2) is 4.98 Å². The zero-order chi connectivity index (χ0) is 18.2. The Bertz CT molecular complexity index is 545. The summed E-state index contributed by atoms with van der Waals surface area (Å²) < 4.78 is 0. The number of nitrogens with one attached hydrogen (secondary N) is 1. The molecule has 0 spiro atoms. The topological polar surface area (TPSA) is 47.0 Å². The standard InChI is InChI=1S/C20H34N6/c1-18-7-12-24(13-8-18)11-5-10-23-20(21-2)26-16-14-25(15-17-26)19-6-3-4-9-22-19/h3-4,6,9,18H,5,7-8,10-17H2,1-2H3,(H,21,23). The molecule has 6 nitrogen and oxygen atoms in total. The normalized spacial score (nSPS) is 20.5. The Morgan fingerprint density at radius 3 is 2.58 bits per heavy atom. The van der Waals surface area contributed by atoms with Crippen LogP contribution < -0.4 is 10.2 Å². The van der Waals surface area contributed by atoms with Gasteiger partial charge in [0.2, 0.25) is 0 Å². The zero-order valence-electron chi connectivity index (χ0n) is 16.4. The lowest BCUT2D eigenvalue weighted by Gasteiger charge is -2.37. The maximum atomic E-state index is 4.49. The van der Waals surface area contributed by atoms with Gasteiger partial charge in [-0.05, 0) is 56.9 Å². The van der Waals surface area contributed by atoms with Gasteiger partial charge in [-0.15, -0.1) is 0 Å². The van der Waals surface area contributed by atoms with Crippen molar-refractivity contribution in [1.82, 2.24) is 20.1 Å². The minimum absolute atomic E-state index is 0.910. The number of guanidine groups is 1. The fraction of sp³-hybridized carbons (Fsp3) is 0.700. The van der Waals surface area contributed by atoms with Gasteiger partial charge in [-0.1, -0.05) is 13.0 Å². The highest BCUT2D eigenvalue weighted by molar-refractivity contribution is 5.80. The van der Waals surface area contributed by atoms with Crippen LogP contribution in [0.1, 0.15) is 26.2 Å². The number of pyridine rings is 1. The molecule has 0 bridgehead atoms. The zero-order valence-corrected chi connectivity index (χ0v) is 16.4. The average molecular weight is 359 g/mol. The first-order chi connectivity index (χ1) is 12.8. The number of hydrogen-bond donors (Lipinski definition) is 1. The maximum absolute atomic E-state index is 4.49. The van der Waals surface area contributed by atoms with E-state index in [0.717, 1.165) is 50.4 Å². The Labute approximate surface area is 158 Å². The first-order valence-corrected chi connectivity index (χ1v) is 10.1. The van der Waals surface area contributed by atoms with Crippen molar-refractivity contribution in [2.75, 3.05) is 64.3 Å². The number of rotatable bonds is 5. The molecule has 2 fully saturated rings. The van der Waals surface area contributed by atoms with Crippen LogP contribution in [0.5, 0.6) is 0 Å². The molecule has 1 aromatic heterocycles. The molecule has 2 aliphatic heterocycles. The highest BCUT2D eigenvalue weighted by atomic mass is 15.4. The number of aliphatic imine (C=N–C) groups is 1. The number of anilines is 1. The molecule has 0 aliphatic carbocycles. The van der Waals surface area contributed by atoms with Gasteiger partial charge >= 0.3 is 0 Å². The average Bonchev–Trinajstić information content (AvgIpc) is 2.70. The summed E-state index contributed by atoms with van der Waals surface area (Å²) in [6.07, 6.45) is 5.76. The second-order valence-electron chi connectivity index (χ2n) is 7.51. The van der Waals surface area contributed by atoms with Gasteiger partial charge in [0.05, 0.1) is 0 Å². The number of piperazine rings is 1. The molecule has 0 saturated carbocycles. The van der Waals surface area contributed by atoms with Crippen molar-refractivity contribution in [2.24, 2.45) is 10.9 Å². The highest BCUT2D eigenvalue weighted by Crippen LogP contribution is 2.16. The molecule has 1 aromatic rings. The van der Waals surface area contributed by atoms with Gasteiger partial charge in [-0.2, -0.15) is 0 Å². The van der Waals surface area contributed by atoms with Crippen molar-refractivity contribution in [3.63, 3.8) is 0 Å². The van der Waals surface area contributed by atoms with Crippen LogP contribution in [0.15, 0.2) is 29.4 Å². The number of aromatic nitrogens is 1. The molecule has 0 amide bonds. The van der Waals surface area contributed by atoms with E-state index in [1.165, 1.54) is 38.9 Å². The SMILES string of the molecule is CN=C(NCCCN1CCC(C)CC1)N1CCN(c2ccccn2)CC1. The van der Waals surface area contributed by atoms with Crippen LogP contribution >= 0.6 is 0 Å². The predicted octanol–water partition coefficient (Wildman–Crippen LogP) is 1.90. The van der Waals surface area contributed by atoms with Gasteiger partial charge in [0.1, 0.15) is 5.82 Å². The van der Waals surface area contributed by atoms with E-state index >= 15 is 0 Å². The van der Waals surface area contributed by atoms with Crippen LogP contribution in [-0.4, -0.2) is 80.1 Å². The minimum atomic E-state index is 0.910. The van der Waals surface area contributed by atoms with Crippen molar-refractivity contribution in [3.05, 3.63) is 24.4 Å². The van der Waals surface area contributed by atoms with Crippen LogP contribution in [0.2, 0.25) is 0 Å². The molecule has 2 saturated heterocycles. The Morgan fingerprint density at radius 2 is 1.92 bits per heavy atom. The molecule has 3 rings (SSSR count). The summed E-state index contributed by atoms with van der Waals surface area (Å²) in [5.74, 6) is 3.02. The van der Waals surface area contributed by atoms with Crippen molar-refractivity contribution < 1.29 is 0 Å². The quantitative estimate of drug-likeness (QED) is 0.495. The van der Waals surface area contributed by atoms with E-state index in [0.29, 0.717) is 0 Å². The number of hydrogen-bond acceptors (Lipinski definition) is 4. The number of piperidine rings is 1. The third-order valence-electron chi connectivity index (χ3n) is 5.57. The van der Waals surface area contributed by atoms with E-state index in [9.17, 15) is 0 Å². The van der Waals surface area contributed by atoms with E-state index in [4.69, 9.17) is 0 Å². The molecule has 0 aromatic carbocycles. The molecule has 6 heteroatoms. The van der Waals surface area contributed by atoms with Crippen LogP contribution in [0.4, 0.5) is 5.82 Å². The molecular weight excluding hydrogens is 324 g/mol. The third kappa shape index (κ3) is 5.34. The molecule has 0 unspecified atom stereocenters. The van der Waals surface area contributed by atoms with Crippen LogP contribution in [-0.2, 0) is 0 Å². The Kier molecular flexibility index (Phi) is 7.12. The van der Waals surface area contributed by atoms with Crippen molar-refractivity contribution >= 4 is 11.8 Å². The lowest BCUT2D eigenvalue weighted by atomic mass is 9.99. The molecule has 1 N–H and O–H groups in total. The first kappa shape index (κ1) is 19.0. The van der Waals surface area contributed by atoms with Crippen molar-refractivity contribution in [2.45, 2.75) is 26.2 Å². The van der Waals surface area contributed by atoms with E-state index in [2.05, 4.69) is 49.0 Å². The second kappa shape index (κ2) is 9.76. The summed E-state index contributed by atoms with van der Waals surface area (Å²) in [6.45, 7) is 11.1. The minimum Gasteiger partial charge on any atom is -0.356 e. The van der Waals surface area contributed by atoms with Gasteiger partial charge in [0.15, 0.2) is 5.96 Å². The fourth-order valence-corrected chi connectivity index (χ4v) is 3.81. The Morgan fingerprint density at radius 1 is 1.15 bits per heavy atom. The summed E-state index contributed by atoms with van der Waals surface area (Å²) in [5, 5.41) is 3.56. The summed E-state index contributed by atoms with van der Waals surface area (Å²) in [4.78, 5) is 16.3. The van der Waals surface area contributed by atoms with E-state index < -0.39 is 0 Å². The smallest absolute Gasteiger partial charge is 0.193 e. The van der Waals surface area contributed by atoms with Crippen molar-refractivity contribution in [3.8, 4) is 0 Å². The van der Waals surface area contributed by atoms with E-state index in [1.54, 1.807) is 0 Å². The third-order valence-corrected chi connectivity index (χ3v) is 5.57. The highest BCUT2D eigenvalue weighted by Gasteiger charge is 2.20. The molecule has 3 heterocycles. The molecular formula is C20H34N6. The first-order valence-electron chi connectivity index (χ1n) is 10.1. The van der Waals surface area contributed by atoms with E-state index in [-0.39, 0.29) is 0 Å². The molecule has 0 atom stereocenters. The molecule has 144 valence electrons. The molecule has 0 radical (unpaired) electrons. The predicted molar refractivity (Wildman–Crippen MR) is 109 cm³/mol. The summed E-state index contributed by atoms with van der Waals surface area (Å²) in [7, 11) is 1.89. The number of nitrogens with zero attached hydrogens (tertiary/aromatic N) is 5. The van der Waals surface area contributed by atoms with Crippen molar-refractivity contribution in [1.29, 1.82) is 0 Å². The summed E-state index contributed by atoms with van der Waals surface area (Å²) in [6, 6.07) is 6.11. The number of likely N-dealkylation sites (tertiary alicyclic amines) is 1. The molecule has 2 aliphatic rings. The van der Waals surface area contributed by atoms with Crippen LogP contribution in [0.3, 0.4) is 0 Å². The molecule has 26 heavy (non-hydrogen) atoms. The lowest BCUT2D eigenvalue weighted by molar-refractivity contribution is 0.191. The van der Waals surface area contributed by atoms with E-state index in [1.807, 2.05) is 19.3 Å². The van der Waals surface area contributed by atoms with Gasteiger partial charge in [0, 0.05) is 46.0 Å². The summed E-state index contributed by atoms with van der Waals surface area (Å²) >= 11 is 0. The summed E-state index contributed by atoms with van der Waals surface area (Å²) in [5.41, 5.74) is 0. The monoisotopic (exact) mass is 358 g/mol. The lowest BCUT2D eigenvalue weighted by Crippen LogP contribution is -2.53. The maximum Gasteiger partial charge on any atom is 0.193 e. The van der Waals surface area contributed by atoms with Gasteiger partial charge in [0.25, 0.3) is 0 Å².